The van der Waals surface area contributed by atoms with Gasteiger partial charge < -0.3 is 10.1 Å². The number of hydrogen-bond donors (Lipinski definition) is 1. The summed E-state index contributed by atoms with van der Waals surface area (Å²) >= 11 is 3.49. The first kappa shape index (κ1) is 12.1. The minimum absolute atomic E-state index is 0.857. The van der Waals surface area contributed by atoms with Crippen molar-refractivity contribution in [3.63, 3.8) is 0 Å². The second-order valence-corrected chi connectivity index (χ2v) is 4.33. The number of benzene rings is 1. The summed E-state index contributed by atoms with van der Waals surface area (Å²) in [6, 6.07) is 5.87. The van der Waals surface area contributed by atoms with E-state index in [1.807, 2.05) is 25.1 Å². The van der Waals surface area contributed by atoms with Crippen molar-refractivity contribution < 1.29 is 4.74 Å². The largest absolute Gasteiger partial charge is 0.497 e. The lowest BCUT2D eigenvalue weighted by Crippen LogP contribution is -2.02. The third-order valence-corrected chi connectivity index (χ3v) is 2.73. The fourth-order valence-corrected chi connectivity index (χ4v) is 1.56. The smallest absolute Gasteiger partial charge is 0.121 e. The van der Waals surface area contributed by atoms with Crippen molar-refractivity contribution in [2.45, 2.75) is 13.3 Å². The number of ether oxygens (including phenoxy) is 1. The van der Waals surface area contributed by atoms with Crippen LogP contribution in [0, 0.1) is 0 Å². The molecule has 0 saturated carbocycles. The molecule has 1 aromatic rings. The van der Waals surface area contributed by atoms with Gasteiger partial charge in [-0.1, -0.05) is 5.57 Å². The minimum atomic E-state index is 0.857. The van der Waals surface area contributed by atoms with Crippen molar-refractivity contribution in [3.05, 3.63) is 34.8 Å². The monoisotopic (exact) mass is 269 g/mol. The molecule has 0 atom stereocenters. The van der Waals surface area contributed by atoms with E-state index in [2.05, 4.69) is 27.8 Å². The highest BCUT2D eigenvalue weighted by atomic mass is 79.9. The van der Waals surface area contributed by atoms with Crippen LogP contribution in [0.2, 0.25) is 0 Å². The average Bonchev–Trinajstić information content (AvgIpc) is 2.20. The van der Waals surface area contributed by atoms with E-state index in [4.69, 9.17) is 4.74 Å². The van der Waals surface area contributed by atoms with Gasteiger partial charge in [0.25, 0.3) is 0 Å². The van der Waals surface area contributed by atoms with E-state index in [0.717, 1.165) is 28.9 Å². The number of methoxy groups -OCH3 is 1. The standard InChI is InChI=1S/C12H16BrNO/c1-9(2)6-7-14-12-8-10(15-3)4-5-11(12)13/h4-5,8,14H,1,6-7H2,2-3H3. The summed E-state index contributed by atoms with van der Waals surface area (Å²) in [4.78, 5) is 0. The number of anilines is 1. The molecule has 82 valence electrons. The fraction of sp³-hybridized carbons (Fsp3) is 0.333. The summed E-state index contributed by atoms with van der Waals surface area (Å²) in [5.41, 5.74) is 2.23. The maximum atomic E-state index is 5.16. The van der Waals surface area contributed by atoms with Crippen molar-refractivity contribution in [1.29, 1.82) is 0 Å². The van der Waals surface area contributed by atoms with Crippen molar-refractivity contribution >= 4 is 21.6 Å². The maximum absolute atomic E-state index is 5.16. The summed E-state index contributed by atoms with van der Waals surface area (Å²) in [5.74, 6) is 0.857. The van der Waals surface area contributed by atoms with Gasteiger partial charge in [-0.2, -0.15) is 0 Å². The molecule has 0 fully saturated rings. The summed E-state index contributed by atoms with van der Waals surface area (Å²) in [6.07, 6.45) is 0.976. The van der Waals surface area contributed by atoms with Crippen LogP contribution in [-0.4, -0.2) is 13.7 Å². The van der Waals surface area contributed by atoms with Crippen LogP contribution in [0.4, 0.5) is 5.69 Å². The summed E-state index contributed by atoms with van der Waals surface area (Å²) in [5, 5.41) is 3.33. The van der Waals surface area contributed by atoms with Crippen molar-refractivity contribution in [1.82, 2.24) is 0 Å². The Kier molecular flexibility index (Phi) is 4.69. The van der Waals surface area contributed by atoms with E-state index in [1.165, 1.54) is 5.57 Å². The van der Waals surface area contributed by atoms with Gasteiger partial charge in [0.15, 0.2) is 0 Å². The molecular weight excluding hydrogens is 254 g/mol. The molecule has 0 amide bonds. The zero-order chi connectivity index (χ0) is 11.3. The predicted molar refractivity (Wildman–Crippen MR) is 68.6 cm³/mol. The Balaban J connectivity index is 2.62. The van der Waals surface area contributed by atoms with Crippen LogP contribution in [0.15, 0.2) is 34.8 Å². The van der Waals surface area contributed by atoms with Gasteiger partial charge in [-0.25, -0.2) is 0 Å². The molecule has 0 aromatic heterocycles. The molecule has 15 heavy (non-hydrogen) atoms. The van der Waals surface area contributed by atoms with E-state index in [-0.39, 0.29) is 0 Å². The Bertz CT molecular complexity index is 349. The first-order valence-electron chi connectivity index (χ1n) is 4.85. The molecule has 0 spiro atoms. The van der Waals surface area contributed by atoms with Crippen LogP contribution in [0.1, 0.15) is 13.3 Å². The molecule has 0 radical (unpaired) electrons. The number of halogens is 1. The topological polar surface area (TPSA) is 21.3 Å². The van der Waals surface area contributed by atoms with Crippen LogP contribution < -0.4 is 10.1 Å². The second kappa shape index (κ2) is 5.81. The molecule has 0 aliphatic heterocycles. The lowest BCUT2D eigenvalue weighted by Gasteiger charge is -2.10. The predicted octanol–water partition coefficient (Wildman–Crippen LogP) is 3.84. The zero-order valence-electron chi connectivity index (χ0n) is 9.14. The Morgan fingerprint density at radius 3 is 2.87 bits per heavy atom. The Labute approximate surface area is 99.5 Å². The van der Waals surface area contributed by atoms with E-state index in [0.29, 0.717) is 0 Å². The molecule has 0 aliphatic rings. The Morgan fingerprint density at radius 2 is 2.27 bits per heavy atom. The SMILES string of the molecule is C=C(C)CCNc1cc(OC)ccc1Br. The van der Waals surface area contributed by atoms with Crippen LogP contribution in [-0.2, 0) is 0 Å². The van der Waals surface area contributed by atoms with Crippen LogP contribution >= 0.6 is 15.9 Å². The Hall–Kier alpha value is -0.960. The molecule has 1 rings (SSSR count). The number of rotatable bonds is 5. The zero-order valence-corrected chi connectivity index (χ0v) is 10.7. The first-order valence-corrected chi connectivity index (χ1v) is 5.64. The van der Waals surface area contributed by atoms with E-state index >= 15 is 0 Å². The summed E-state index contributed by atoms with van der Waals surface area (Å²) in [6.45, 7) is 6.79. The van der Waals surface area contributed by atoms with Crippen molar-refractivity contribution in [2.24, 2.45) is 0 Å². The summed E-state index contributed by atoms with van der Waals surface area (Å²) in [7, 11) is 1.67. The van der Waals surface area contributed by atoms with Crippen molar-refractivity contribution in [3.8, 4) is 5.75 Å². The normalized spacial score (nSPS) is 9.80. The molecule has 0 unspecified atom stereocenters. The van der Waals surface area contributed by atoms with Gasteiger partial charge in [-0.3, -0.25) is 0 Å². The molecule has 2 nitrogen and oxygen atoms in total. The van der Waals surface area contributed by atoms with Gasteiger partial charge >= 0.3 is 0 Å². The van der Waals surface area contributed by atoms with E-state index in [1.54, 1.807) is 7.11 Å². The molecule has 0 saturated heterocycles. The molecule has 3 heteroatoms. The van der Waals surface area contributed by atoms with Gasteiger partial charge in [0, 0.05) is 17.1 Å². The third-order valence-electron chi connectivity index (χ3n) is 2.04. The van der Waals surface area contributed by atoms with Gasteiger partial charge in [0.2, 0.25) is 0 Å². The summed E-state index contributed by atoms with van der Waals surface area (Å²) < 4.78 is 6.21. The highest BCUT2D eigenvalue weighted by Gasteiger charge is 2.00. The van der Waals surface area contributed by atoms with Gasteiger partial charge in [-0.15, -0.1) is 6.58 Å². The van der Waals surface area contributed by atoms with Gasteiger partial charge in [0.05, 0.1) is 12.8 Å². The third kappa shape index (κ3) is 3.96. The molecule has 1 aromatic carbocycles. The van der Waals surface area contributed by atoms with E-state index < -0.39 is 0 Å². The van der Waals surface area contributed by atoms with E-state index in [9.17, 15) is 0 Å². The minimum Gasteiger partial charge on any atom is -0.497 e. The molecule has 1 N–H and O–H groups in total. The number of hydrogen-bond acceptors (Lipinski definition) is 2. The molecule has 0 heterocycles. The number of nitrogens with one attached hydrogen (secondary N) is 1. The first-order chi connectivity index (χ1) is 7.13. The molecular formula is C12H16BrNO. The average molecular weight is 270 g/mol. The fourth-order valence-electron chi connectivity index (χ4n) is 1.18. The quantitative estimate of drug-likeness (QED) is 0.821. The lowest BCUT2D eigenvalue weighted by atomic mass is 10.2. The van der Waals surface area contributed by atoms with Gasteiger partial charge in [-0.05, 0) is 41.4 Å². The lowest BCUT2D eigenvalue weighted by molar-refractivity contribution is 0.415. The maximum Gasteiger partial charge on any atom is 0.121 e. The highest BCUT2D eigenvalue weighted by Crippen LogP contribution is 2.27. The molecule has 0 bridgehead atoms. The van der Waals surface area contributed by atoms with Crippen molar-refractivity contribution in [2.75, 3.05) is 19.0 Å². The Morgan fingerprint density at radius 1 is 1.53 bits per heavy atom. The van der Waals surface area contributed by atoms with Crippen LogP contribution in [0.3, 0.4) is 0 Å². The van der Waals surface area contributed by atoms with Crippen LogP contribution in [0.5, 0.6) is 5.75 Å². The van der Waals surface area contributed by atoms with Crippen LogP contribution in [0.25, 0.3) is 0 Å². The van der Waals surface area contributed by atoms with Gasteiger partial charge in [0.1, 0.15) is 5.75 Å². The second-order valence-electron chi connectivity index (χ2n) is 3.48. The molecule has 0 aliphatic carbocycles. The highest BCUT2D eigenvalue weighted by molar-refractivity contribution is 9.10.